The first kappa shape index (κ1) is 11.2. The van der Waals surface area contributed by atoms with Crippen LogP contribution in [0.25, 0.3) is 11.5 Å². The Bertz CT molecular complexity index is 513. The van der Waals surface area contributed by atoms with Crippen molar-refractivity contribution in [2.75, 3.05) is 0 Å². The van der Waals surface area contributed by atoms with Crippen molar-refractivity contribution in [3.8, 4) is 11.5 Å². The van der Waals surface area contributed by atoms with E-state index in [0.717, 1.165) is 0 Å². The molecule has 0 radical (unpaired) electrons. The number of hydrogen-bond donors (Lipinski definition) is 1. The van der Waals surface area contributed by atoms with Gasteiger partial charge in [0.1, 0.15) is 5.82 Å². The van der Waals surface area contributed by atoms with Gasteiger partial charge in [-0.2, -0.15) is 4.98 Å². The van der Waals surface area contributed by atoms with Gasteiger partial charge in [0.25, 0.3) is 5.89 Å². The van der Waals surface area contributed by atoms with E-state index in [0.29, 0.717) is 15.9 Å². The zero-order valence-corrected chi connectivity index (χ0v) is 10.0. The summed E-state index contributed by atoms with van der Waals surface area (Å²) in [6.07, 6.45) is 0. The first-order valence-corrected chi connectivity index (χ1v) is 5.42. The number of halogens is 2. The SMILES string of the molecule is CC(N)c1noc(-c2cc(F)ccc2Br)n1. The van der Waals surface area contributed by atoms with Gasteiger partial charge in [-0.25, -0.2) is 4.39 Å². The van der Waals surface area contributed by atoms with Gasteiger partial charge in [-0.1, -0.05) is 5.16 Å². The maximum Gasteiger partial charge on any atom is 0.259 e. The van der Waals surface area contributed by atoms with Crippen LogP contribution in [0.15, 0.2) is 27.2 Å². The molecular weight excluding hydrogens is 277 g/mol. The summed E-state index contributed by atoms with van der Waals surface area (Å²) >= 11 is 3.29. The van der Waals surface area contributed by atoms with E-state index in [4.69, 9.17) is 10.3 Å². The second-order valence-corrected chi connectivity index (χ2v) is 4.22. The number of aromatic nitrogens is 2. The first-order chi connectivity index (χ1) is 7.58. The molecule has 6 heteroatoms. The van der Waals surface area contributed by atoms with E-state index in [1.54, 1.807) is 13.0 Å². The van der Waals surface area contributed by atoms with Crippen molar-refractivity contribution in [2.24, 2.45) is 5.73 Å². The molecule has 1 heterocycles. The monoisotopic (exact) mass is 285 g/mol. The highest BCUT2D eigenvalue weighted by Crippen LogP contribution is 2.28. The van der Waals surface area contributed by atoms with Crippen LogP contribution in [0.4, 0.5) is 4.39 Å². The molecule has 1 unspecified atom stereocenters. The third-order valence-electron chi connectivity index (χ3n) is 2.01. The van der Waals surface area contributed by atoms with Crippen LogP contribution in [-0.4, -0.2) is 10.1 Å². The number of nitrogens with zero attached hydrogens (tertiary/aromatic N) is 2. The van der Waals surface area contributed by atoms with Crippen LogP contribution in [-0.2, 0) is 0 Å². The number of nitrogens with two attached hydrogens (primary N) is 1. The fourth-order valence-electron chi connectivity index (χ4n) is 1.19. The minimum atomic E-state index is -0.362. The van der Waals surface area contributed by atoms with Crippen LogP contribution in [0, 0.1) is 5.82 Å². The van der Waals surface area contributed by atoms with Crippen molar-refractivity contribution < 1.29 is 8.91 Å². The molecule has 0 aliphatic carbocycles. The summed E-state index contributed by atoms with van der Waals surface area (Å²) in [6.45, 7) is 1.75. The lowest BCUT2D eigenvalue weighted by atomic mass is 10.2. The molecule has 2 rings (SSSR count). The van der Waals surface area contributed by atoms with Crippen molar-refractivity contribution in [3.63, 3.8) is 0 Å². The Hall–Kier alpha value is -1.27. The normalized spacial score (nSPS) is 12.8. The maximum absolute atomic E-state index is 13.1. The molecule has 0 saturated carbocycles. The Balaban J connectivity index is 2.46. The van der Waals surface area contributed by atoms with E-state index < -0.39 is 0 Å². The Morgan fingerprint density at radius 2 is 2.25 bits per heavy atom. The van der Waals surface area contributed by atoms with Crippen LogP contribution in [0.1, 0.15) is 18.8 Å². The van der Waals surface area contributed by atoms with Crippen LogP contribution in [0.3, 0.4) is 0 Å². The molecule has 0 amide bonds. The molecule has 84 valence electrons. The van der Waals surface area contributed by atoms with E-state index >= 15 is 0 Å². The largest absolute Gasteiger partial charge is 0.334 e. The molecule has 1 aromatic heterocycles. The van der Waals surface area contributed by atoms with E-state index in [1.807, 2.05) is 0 Å². The Morgan fingerprint density at radius 3 is 2.88 bits per heavy atom. The van der Waals surface area contributed by atoms with Crippen LogP contribution in [0.5, 0.6) is 0 Å². The van der Waals surface area contributed by atoms with Crippen LogP contribution < -0.4 is 5.73 Å². The highest BCUT2D eigenvalue weighted by atomic mass is 79.9. The van der Waals surface area contributed by atoms with Gasteiger partial charge in [0.2, 0.25) is 0 Å². The molecule has 2 N–H and O–H groups in total. The van der Waals surface area contributed by atoms with Gasteiger partial charge in [0.05, 0.1) is 11.6 Å². The summed E-state index contributed by atoms with van der Waals surface area (Å²) in [5.74, 6) is 0.281. The van der Waals surface area contributed by atoms with Crippen molar-refractivity contribution in [1.29, 1.82) is 0 Å². The first-order valence-electron chi connectivity index (χ1n) is 4.62. The molecule has 0 spiro atoms. The quantitative estimate of drug-likeness (QED) is 0.921. The van der Waals surface area contributed by atoms with Crippen molar-refractivity contribution in [1.82, 2.24) is 10.1 Å². The highest BCUT2D eigenvalue weighted by Gasteiger charge is 2.14. The number of rotatable bonds is 2. The predicted octanol–water partition coefficient (Wildman–Crippen LogP) is 2.66. The van der Waals surface area contributed by atoms with Crippen LogP contribution >= 0.6 is 15.9 Å². The van der Waals surface area contributed by atoms with Crippen molar-refractivity contribution in [2.45, 2.75) is 13.0 Å². The summed E-state index contributed by atoms with van der Waals surface area (Å²) in [4.78, 5) is 4.08. The molecule has 16 heavy (non-hydrogen) atoms. The zero-order chi connectivity index (χ0) is 11.7. The van der Waals surface area contributed by atoms with Gasteiger partial charge < -0.3 is 10.3 Å². The predicted molar refractivity (Wildman–Crippen MR) is 60.0 cm³/mol. The number of hydrogen-bond acceptors (Lipinski definition) is 4. The molecule has 4 nitrogen and oxygen atoms in total. The third-order valence-corrected chi connectivity index (χ3v) is 2.70. The second-order valence-electron chi connectivity index (χ2n) is 3.37. The van der Waals surface area contributed by atoms with E-state index in [1.165, 1.54) is 12.1 Å². The lowest BCUT2D eigenvalue weighted by Crippen LogP contribution is -2.06. The molecule has 2 aromatic rings. The fraction of sp³-hybridized carbons (Fsp3) is 0.200. The van der Waals surface area contributed by atoms with Crippen molar-refractivity contribution in [3.05, 3.63) is 34.3 Å². The molecule has 0 bridgehead atoms. The maximum atomic E-state index is 13.1. The molecule has 1 atom stereocenters. The summed E-state index contributed by atoms with van der Waals surface area (Å²) in [5, 5.41) is 3.71. The summed E-state index contributed by atoms with van der Waals surface area (Å²) < 4.78 is 18.8. The minimum absolute atomic E-state index is 0.249. The van der Waals surface area contributed by atoms with Gasteiger partial charge in [-0.05, 0) is 41.1 Å². The Kier molecular flexibility index (Phi) is 3.02. The lowest BCUT2D eigenvalue weighted by molar-refractivity contribution is 0.418. The summed E-state index contributed by atoms with van der Waals surface area (Å²) in [5.41, 5.74) is 6.12. The average molecular weight is 286 g/mol. The molecule has 1 aromatic carbocycles. The minimum Gasteiger partial charge on any atom is -0.334 e. The molecular formula is C10H9BrFN3O. The standard InChI is InChI=1S/C10H9BrFN3O/c1-5(13)9-14-10(16-15-9)7-4-6(12)2-3-8(7)11/h2-5H,13H2,1H3. The van der Waals surface area contributed by atoms with Gasteiger partial charge in [0, 0.05) is 4.47 Å². The van der Waals surface area contributed by atoms with Gasteiger partial charge in [0.15, 0.2) is 5.82 Å². The second kappa shape index (κ2) is 4.31. The van der Waals surface area contributed by atoms with Crippen LogP contribution in [0.2, 0.25) is 0 Å². The lowest BCUT2D eigenvalue weighted by Gasteiger charge is -1.98. The third kappa shape index (κ3) is 2.12. The van der Waals surface area contributed by atoms with E-state index in [9.17, 15) is 4.39 Å². The Morgan fingerprint density at radius 1 is 1.50 bits per heavy atom. The molecule has 0 fully saturated rings. The topological polar surface area (TPSA) is 64.9 Å². The van der Waals surface area contributed by atoms with E-state index in [-0.39, 0.29) is 17.7 Å². The molecule has 0 saturated heterocycles. The fourth-order valence-corrected chi connectivity index (χ4v) is 1.61. The van der Waals surface area contributed by atoms with Crippen molar-refractivity contribution >= 4 is 15.9 Å². The smallest absolute Gasteiger partial charge is 0.259 e. The summed E-state index contributed by atoms with van der Waals surface area (Å²) in [7, 11) is 0. The highest BCUT2D eigenvalue weighted by molar-refractivity contribution is 9.10. The van der Waals surface area contributed by atoms with E-state index in [2.05, 4.69) is 26.1 Å². The zero-order valence-electron chi connectivity index (χ0n) is 8.45. The average Bonchev–Trinajstić information content (AvgIpc) is 2.70. The van der Waals surface area contributed by atoms with Gasteiger partial charge in [-0.15, -0.1) is 0 Å². The van der Waals surface area contributed by atoms with Gasteiger partial charge in [-0.3, -0.25) is 0 Å². The molecule has 0 aliphatic rings. The van der Waals surface area contributed by atoms with Gasteiger partial charge >= 0.3 is 0 Å². The Labute approximate surface area is 99.8 Å². The summed E-state index contributed by atoms with van der Waals surface area (Å²) in [6, 6.07) is 3.93. The number of benzene rings is 1. The molecule has 0 aliphatic heterocycles.